The van der Waals surface area contributed by atoms with E-state index in [0.29, 0.717) is 5.71 Å². The lowest BCUT2D eigenvalue weighted by Crippen LogP contribution is -2.08. The van der Waals surface area contributed by atoms with Crippen LogP contribution < -0.4 is 5.32 Å². The van der Waals surface area contributed by atoms with Gasteiger partial charge in [0.1, 0.15) is 0 Å². The van der Waals surface area contributed by atoms with Crippen molar-refractivity contribution in [1.29, 1.82) is 5.41 Å². The summed E-state index contributed by atoms with van der Waals surface area (Å²) in [5.74, 6) is 0. The highest BCUT2D eigenvalue weighted by Crippen LogP contribution is 2.16. The Kier molecular flexibility index (Phi) is 2.95. The molecule has 1 rings (SSSR count). The van der Waals surface area contributed by atoms with E-state index in [1.165, 1.54) is 0 Å². The number of nitrogens with one attached hydrogen (secondary N) is 2. The monoisotopic (exact) mass is 178 g/mol. The summed E-state index contributed by atoms with van der Waals surface area (Å²) in [5.41, 5.74) is 3.15. The fraction of sp³-hybridized carbons (Fsp3) is 0.444. The Labute approximate surface area is 77.9 Å². The van der Waals surface area contributed by atoms with Crippen molar-refractivity contribution in [3.8, 4) is 0 Å². The minimum atomic E-state index is 0.524. The molecule has 2 N–H and O–H groups in total. The predicted octanol–water partition coefficient (Wildman–Crippen LogP) is 1.47. The molecule has 13 heavy (non-hydrogen) atoms. The molecule has 0 radical (unpaired) electrons. The van der Waals surface area contributed by atoms with E-state index in [1.54, 1.807) is 13.1 Å². The molecule has 0 saturated carbocycles. The minimum absolute atomic E-state index is 0.524. The van der Waals surface area contributed by atoms with Crippen molar-refractivity contribution in [2.75, 3.05) is 12.4 Å². The second-order valence-electron chi connectivity index (χ2n) is 2.81. The fourth-order valence-electron chi connectivity index (χ4n) is 1.28. The second-order valence-corrected chi connectivity index (χ2v) is 2.81. The van der Waals surface area contributed by atoms with E-state index in [9.17, 15) is 0 Å². The number of aryl methyl sites for hydroxylation is 1. The van der Waals surface area contributed by atoms with E-state index in [2.05, 4.69) is 15.5 Å². The average Bonchev–Trinajstić information content (AvgIpc) is 2.16. The Morgan fingerprint density at radius 1 is 1.62 bits per heavy atom. The highest BCUT2D eigenvalue weighted by Gasteiger charge is 2.09. The topological polar surface area (TPSA) is 61.7 Å². The van der Waals surface area contributed by atoms with Crippen molar-refractivity contribution in [2.24, 2.45) is 0 Å². The van der Waals surface area contributed by atoms with Crippen LogP contribution in [0.15, 0.2) is 6.20 Å². The van der Waals surface area contributed by atoms with Gasteiger partial charge in [0.25, 0.3) is 0 Å². The summed E-state index contributed by atoms with van der Waals surface area (Å²) in [4.78, 5) is 0. The summed E-state index contributed by atoms with van der Waals surface area (Å²) < 4.78 is 0. The van der Waals surface area contributed by atoms with Crippen molar-refractivity contribution in [1.82, 2.24) is 10.2 Å². The number of anilines is 1. The van der Waals surface area contributed by atoms with Gasteiger partial charge in [-0.2, -0.15) is 10.2 Å². The first-order valence-electron chi connectivity index (χ1n) is 4.28. The molecule has 0 aromatic carbocycles. The molecule has 0 aliphatic carbocycles. The summed E-state index contributed by atoms with van der Waals surface area (Å²) >= 11 is 0. The van der Waals surface area contributed by atoms with E-state index < -0.39 is 0 Å². The van der Waals surface area contributed by atoms with Crippen LogP contribution in [-0.2, 0) is 6.42 Å². The summed E-state index contributed by atoms with van der Waals surface area (Å²) in [6.45, 7) is 3.77. The molecule has 4 heteroatoms. The lowest BCUT2D eigenvalue weighted by molar-refractivity contribution is 0.914. The quantitative estimate of drug-likeness (QED) is 0.689. The molecular weight excluding hydrogens is 164 g/mol. The standard InChI is InChI=1S/C9H14N4/c1-4-7-9(6(2)10)8(11-3)5-12-13-7/h5,10H,4H2,1-3H3,(H,11,13). The Morgan fingerprint density at radius 2 is 2.31 bits per heavy atom. The molecule has 0 aliphatic rings. The Morgan fingerprint density at radius 3 is 2.77 bits per heavy atom. The van der Waals surface area contributed by atoms with Gasteiger partial charge in [-0.15, -0.1) is 0 Å². The van der Waals surface area contributed by atoms with Crippen LogP contribution >= 0.6 is 0 Å². The van der Waals surface area contributed by atoms with E-state index in [-0.39, 0.29) is 0 Å². The van der Waals surface area contributed by atoms with Gasteiger partial charge in [-0.05, 0) is 13.3 Å². The zero-order valence-corrected chi connectivity index (χ0v) is 8.18. The predicted molar refractivity (Wildman–Crippen MR) is 53.5 cm³/mol. The molecule has 0 aliphatic heterocycles. The summed E-state index contributed by atoms with van der Waals surface area (Å²) in [6, 6.07) is 0. The highest BCUT2D eigenvalue weighted by molar-refractivity contribution is 6.02. The molecule has 0 amide bonds. The highest BCUT2D eigenvalue weighted by atomic mass is 15.1. The van der Waals surface area contributed by atoms with E-state index >= 15 is 0 Å². The van der Waals surface area contributed by atoms with Gasteiger partial charge in [0, 0.05) is 18.3 Å². The van der Waals surface area contributed by atoms with E-state index in [0.717, 1.165) is 23.4 Å². The lowest BCUT2D eigenvalue weighted by Gasteiger charge is -2.09. The number of rotatable bonds is 3. The van der Waals surface area contributed by atoms with Crippen LogP contribution in [0.2, 0.25) is 0 Å². The zero-order valence-electron chi connectivity index (χ0n) is 8.18. The summed E-state index contributed by atoms with van der Waals surface area (Å²) in [7, 11) is 1.82. The smallest absolute Gasteiger partial charge is 0.0739 e. The van der Waals surface area contributed by atoms with Crippen LogP contribution in [0.25, 0.3) is 0 Å². The van der Waals surface area contributed by atoms with Crippen LogP contribution in [0, 0.1) is 5.41 Å². The average molecular weight is 178 g/mol. The molecule has 1 heterocycles. The maximum Gasteiger partial charge on any atom is 0.0739 e. The molecule has 70 valence electrons. The molecule has 0 spiro atoms. The number of hydrogen-bond donors (Lipinski definition) is 2. The largest absolute Gasteiger partial charge is 0.386 e. The first-order chi connectivity index (χ1) is 6.20. The van der Waals surface area contributed by atoms with Crippen LogP contribution in [0.1, 0.15) is 25.1 Å². The van der Waals surface area contributed by atoms with Gasteiger partial charge in [0.2, 0.25) is 0 Å². The molecule has 0 fully saturated rings. The summed E-state index contributed by atoms with van der Waals surface area (Å²) in [6.07, 6.45) is 2.45. The van der Waals surface area contributed by atoms with Crippen molar-refractivity contribution >= 4 is 11.4 Å². The van der Waals surface area contributed by atoms with Gasteiger partial charge in [-0.1, -0.05) is 6.92 Å². The van der Waals surface area contributed by atoms with Crippen LogP contribution in [0.5, 0.6) is 0 Å². The van der Waals surface area contributed by atoms with Gasteiger partial charge < -0.3 is 10.7 Å². The van der Waals surface area contributed by atoms with Crippen molar-refractivity contribution < 1.29 is 0 Å². The lowest BCUT2D eigenvalue weighted by atomic mass is 10.1. The Balaban J connectivity index is 3.29. The van der Waals surface area contributed by atoms with Gasteiger partial charge in [0.15, 0.2) is 0 Å². The van der Waals surface area contributed by atoms with Crippen LogP contribution in [0.4, 0.5) is 5.69 Å². The number of hydrogen-bond acceptors (Lipinski definition) is 4. The molecule has 0 bridgehead atoms. The first kappa shape index (κ1) is 9.64. The Bertz CT molecular complexity index is 297. The van der Waals surface area contributed by atoms with E-state index in [1.807, 2.05) is 14.0 Å². The van der Waals surface area contributed by atoms with Gasteiger partial charge >= 0.3 is 0 Å². The fourth-order valence-corrected chi connectivity index (χ4v) is 1.28. The first-order valence-corrected chi connectivity index (χ1v) is 4.28. The molecule has 0 unspecified atom stereocenters. The second kappa shape index (κ2) is 3.98. The van der Waals surface area contributed by atoms with Gasteiger partial charge in [-0.25, -0.2) is 0 Å². The molecule has 1 aromatic heterocycles. The molecule has 0 saturated heterocycles. The SMILES string of the molecule is CCc1nncc(NC)c1C(C)=N. The molecule has 0 atom stereocenters. The van der Waals surface area contributed by atoms with E-state index in [4.69, 9.17) is 5.41 Å². The maximum absolute atomic E-state index is 7.62. The number of nitrogens with zero attached hydrogens (tertiary/aromatic N) is 2. The third kappa shape index (κ3) is 1.83. The van der Waals surface area contributed by atoms with Crippen molar-refractivity contribution in [3.63, 3.8) is 0 Å². The summed E-state index contributed by atoms with van der Waals surface area (Å²) in [5, 5.41) is 18.5. The van der Waals surface area contributed by atoms with Gasteiger partial charge in [-0.3, -0.25) is 0 Å². The molecule has 4 nitrogen and oxygen atoms in total. The third-order valence-corrected chi connectivity index (χ3v) is 1.90. The van der Waals surface area contributed by atoms with Crippen molar-refractivity contribution in [2.45, 2.75) is 20.3 Å². The minimum Gasteiger partial charge on any atom is -0.386 e. The van der Waals surface area contributed by atoms with Crippen molar-refractivity contribution in [3.05, 3.63) is 17.5 Å². The van der Waals surface area contributed by atoms with Crippen LogP contribution in [-0.4, -0.2) is 23.0 Å². The van der Waals surface area contributed by atoms with Crippen LogP contribution in [0.3, 0.4) is 0 Å². The Hall–Kier alpha value is -1.45. The molecule has 1 aromatic rings. The third-order valence-electron chi connectivity index (χ3n) is 1.90. The zero-order chi connectivity index (χ0) is 9.84. The molecular formula is C9H14N4. The maximum atomic E-state index is 7.62. The number of aromatic nitrogens is 2. The van der Waals surface area contributed by atoms with Gasteiger partial charge in [0.05, 0.1) is 17.6 Å². The normalized spacial score (nSPS) is 9.77.